The minimum atomic E-state index is 0.0934. The molecule has 2 atom stereocenters. The van der Waals surface area contributed by atoms with Crippen molar-refractivity contribution >= 4 is 5.71 Å². The Morgan fingerprint density at radius 3 is 2.76 bits per heavy atom. The second-order valence-corrected chi connectivity index (χ2v) is 6.01. The van der Waals surface area contributed by atoms with Crippen LogP contribution in [0, 0.1) is 10.8 Å². The number of aryl methyl sites for hydroxylation is 1. The molecule has 17 heavy (non-hydrogen) atoms. The monoisotopic (exact) mass is 229 g/mol. The fraction of sp³-hybridized carbons (Fsp3) is 0.533. The second kappa shape index (κ2) is 3.12. The maximum Gasteiger partial charge on any atom is 0.0613 e. The second-order valence-electron chi connectivity index (χ2n) is 6.01. The molecule has 2 nitrogen and oxygen atoms in total. The molecular weight excluding hydrogens is 210 g/mol. The lowest BCUT2D eigenvalue weighted by atomic mass is 9.80. The van der Waals surface area contributed by atoms with E-state index in [1.165, 1.54) is 11.1 Å². The van der Waals surface area contributed by atoms with Crippen molar-refractivity contribution in [3.05, 3.63) is 35.4 Å². The number of rotatable bonds is 1. The SMILES string of the molecule is C/C(=N\O)C12CCc3ccccc3C1C2(C)C. The molecule has 1 aromatic carbocycles. The summed E-state index contributed by atoms with van der Waals surface area (Å²) >= 11 is 0. The third-order valence-electron chi connectivity index (χ3n) is 5.23. The summed E-state index contributed by atoms with van der Waals surface area (Å²) in [6, 6.07) is 8.72. The molecule has 0 saturated heterocycles. The van der Waals surface area contributed by atoms with Gasteiger partial charge in [0, 0.05) is 11.3 Å². The zero-order valence-electron chi connectivity index (χ0n) is 10.7. The number of nitrogens with zero attached hydrogens (tertiary/aromatic N) is 1. The molecule has 2 unspecified atom stereocenters. The van der Waals surface area contributed by atoms with Crippen molar-refractivity contribution in [1.29, 1.82) is 0 Å². The fourth-order valence-corrected chi connectivity index (χ4v) is 4.29. The van der Waals surface area contributed by atoms with Gasteiger partial charge in [-0.05, 0) is 36.3 Å². The Hall–Kier alpha value is -1.31. The Kier molecular flexibility index (Phi) is 1.99. The largest absolute Gasteiger partial charge is 0.411 e. The van der Waals surface area contributed by atoms with E-state index in [9.17, 15) is 0 Å². The summed E-state index contributed by atoms with van der Waals surface area (Å²) in [4.78, 5) is 0. The summed E-state index contributed by atoms with van der Waals surface area (Å²) in [5.74, 6) is 0.524. The minimum Gasteiger partial charge on any atom is -0.411 e. The molecule has 2 aliphatic carbocycles. The highest BCUT2D eigenvalue weighted by Gasteiger charge is 2.73. The maximum absolute atomic E-state index is 9.15. The molecule has 1 aromatic rings. The highest BCUT2D eigenvalue weighted by Crippen LogP contribution is 2.78. The topological polar surface area (TPSA) is 32.6 Å². The van der Waals surface area contributed by atoms with Crippen molar-refractivity contribution in [2.75, 3.05) is 0 Å². The van der Waals surface area contributed by atoms with E-state index in [1.807, 2.05) is 6.92 Å². The third-order valence-corrected chi connectivity index (χ3v) is 5.23. The first-order chi connectivity index (χ1) is 8.05. The first-order valence-corrected chi connectivity index (χ1v) is 6.32. The zero-order chi connectivity index (χ0) is 12.3. The summed E-state index contributed by atoms with van der Waals surface area (Å²) in [6.45, 7) is 6.57. The van der Waals surface area contributed by atoms with Gasteiger partial charge >= 0.3 is 0 Å². The average Bonchev–Trinajstić information content (AvgIpc) is 2.87. The Morgan fingerprint density at radius 2 is 2.06 bits per heavy atom. The van der Waals surface area contributed by atoms with Crippen molar-refractivity contribution in [1.82, 2.24) is 0 Å². The van der Waals surface area contributed by atoms with E-state index in [0.29, 0.717) is 5.92 Å². The van der Waals surface area contributed by atoms with E-state index in [1.54, 1.807) is 0 Å². The number of oxime groups is 1. The average molecular weight is 229 g/mol. The smallest absolute Gasteiger partial charge is 0.0613 e. The van der Waals surface area contributed by atoms with E-state index in [2.05, 4.69) is 43.3 Å². The van der Waals surface area contributed by atoms with Gasteiger partial charge in [0.1, 0.15) is 0 Å². The van der Waals surface area contributed by atoms with Gasteiger partial charge in [-0.25, -0.2) is 0 Å². The van der Waals surface area contributed by atoms with Crippen LogP contribution in [-0.2, 0) is 6.42 Å². The van der Waals surface area contributed by atoms with Crippen LogP contribution in [-0.4, -0.2) is 10.9 Å². The van der Waals surface area contributed by atoms with Gasteiger partial charge < -0.3 is 5.21 Å². The molecule has 3 rings (SSSR count). The van der Waals surface area contributed by atoms with Gasteiger partial charge in [0.05, 0.1) is 5.71 Å². The molecule has 1 saturated carbocycles. The normalized spacial score (nSPS) is 33.8. The van der Waals surface area contributed by atoms with Crippen molar-refractivity contribution in [2.45, 2.75) is 39.5 Å². The summed E-state index contributed by atoms with van der Waals surface area (Å²) in [5.41, 5.74) is 4.16. The Morgan fingerprint density at radius 1 is 1.35 bits per heavy atom. The lowest BCUT2D eigenvalue weighted by Gasteiger charge is -2.24. The van der Waals surface area contributed by atoms with Crippen LogP contribution in [0.3, 0.4) is 0 Å². The molecule has 0 aromatic heterocycles. The van der Waals surface area contributed by atoms with Crippen molar-refractivity contribution < 1.29 is 5.21 Å². The first kappa shape index (κ1) is 10.8. The van der Waals surface area contributed by atoms with Gasteiger partial charge in [-0.1, -0.05) is 43.3 Å². The predicted molar refractivity (Wildman–Crippen MR) is 68.6 cm³/mol. The third kappa shape index (κ3) is 1.09. The molecule has 0 heterocycles. The van der Waals surface area contributed by atoms with Crippen LogP contribution in [0.5, 0.6) is 0 Å². The van der Waals surface area contributed by atoms with E-state index in [-0.39, 0.29) is 10.8 Å². The summed E-state index contributed by atoms with van der Waals surface area (Å²) < 4.78 is 0. The van der Waals surface area contributed by atoms with Crippen LogP contribution in [0.15, 0.2) is 29.4 Å². The van der Waals surface area contributed by atoms with Crippen LogP contribution in [0.2, 0.25) is 0 Å². The summed E-state index contributed by atoms with van der Waals surface area (Å²) in [7, 11) is 0. The lowest BCUT2D eigenvalue weighted by molar-refractivity contribution is 0.308. The molecule has 0 aliphatic heterocycles. The maximum atomic E-state index is 9.15. The highest BCUT2D eigenvalue weighted by atomic mass is 16.4. The van der Waals surface area contributed by atoms with Crippen LogP contribution >= 0.6 is 0 Å². The van der Waals surface area contributed by atoms with E-state index in [0.717, 1.165) is 18.6 Å². The van der Waals surface area contributed by atoms with Gasteiger partial charge in [-0.2, -0.15) is 0 Å². The quantitative estimate of drug-likeness (QED) is 0.445. The van der Waals surface area contributed by atoms with Crippen LogP contribution < -0.4 is 0 Å². The molecule has 0 radical (unpaired) electrons. The van der Waals surface area contributed by atoms with Gasteiger partial charge in [0.2, 0.25) is 0 Å². The minimum absolute atomic E-state index is 0.0934. The standard InChI is InChI=1S/C15H19NO/c1-10(16-17)15-9-8-11-6-4-5-7-12(11)13(15)14(15,2)3/h4-7,13,17H,8-9H2,1-3H3/b16-10+. The van der Waals surface area contributed by atoms with Crippen LogP contribution in [0.4, 0.5) is 0 Å². The number of hydrogen-bond donors (Lipinski definition) is 1. The molecule has 2 heteroatoms. The van der Waals surface area contributed by atoms with E-state index < -0.39 is 0 Å². The number of benzene rings is 1. The number of hydrogen-bond acceptors (Lipinski definition) is 2. The summed E-state index contributed by atoms with van der Waals surface area (Å²) in [5, 5.41) is 12.7. The Balaban J connectivity index is 2.14. The fourth-order valence-electron chi connectivity index (χ4n) is 4.29. The van der Waals surface area contributed by atoms with E-state index >= 15 is 0 Å². The first-order valence-electron chi connectivity index (χ1n) is 6.32. The van der Waals surface area contributed by atoms with Crippen LogP contribution in [0.25, 0.3) is 0 Å². The molecule has 90 valence electrons. The Bertz CT molecular complexity index is 503. The van der Waals surface area contributed by atoms with Crippen molar-refractivity contribution in [2.24, 2.45) is 16.0 Å². The number of fused-ring (bicyclic) bond motifs is 3. The van der Waals surface area contributed by atoms with Crippen molar-refractivity contribution in [3.8, 4) is 0 Å². The van der Waals surface area contributed by atoms with Gasteiger partial charge in [-0.3, -0.25) is 0 Å². The lowest BCUT2D eigenvalue weighted by Crippen LogP contribution is -2.22. The van der Waals surface area contributed by atoms with Gasteiger partial charge in [-0.15, -0.1) is 0 Å². The molecule has 0 spiro atoms. The zero-order valence-corrected chi connectivity index (χ0v) is 10.7. The highest BCUT2D eigenvalue weighted by molar-refractivity contribution is 5.94. The van der Waals surface area contributed by atoms with E-state index in [4.69, 9.17) is 5.21 Å². The van der Waals surface area contributed by atoms with Crippen LogP contribution in [0.1, 0.15) is 44.2 Å². The molecule has 0 bridgehead atoms. The molecular formula is C15H19NO. The Labute approximate surface area is 102 Å². The molecule has 2 aliphatic rings. The van der Waals surface area contributed by atoms with Crippen molar-refractivity contribution in [3.63, 3.8) is 0 Å². The van der Waals surface area contributed by atoms with Gasteiger partial charge in [0.15, 0.2) is 0 Å². The molecule has 1 fully saturated rings. The molecule has 0 amide bonds. The predicted octanol–water partition coefficient (Wildman–Crippen LogP) is 3.59. The molecule has 1 N–H and O–H groups in total. The van der Waals surface area contributed by atoms with Gasteiger partial charge in [0.25, 0.3) is 0 Å². The summed E-state index contributed by atoms with van der Waals surface area (Å²) in [6.07, 6.45) is 2.21.